The van der Waals surface area contributed by atoms with E-state index >= 15 is 4.39 Å². The lowest BCUT2D eigenvalue weighted by molar-refractivity contribution is -0.142. The first-order chi connectivity index (χ1) is 17.2. The highest BCUT2D eigenvalue weighted by molar-refractivity contribution is 5.87. The molecule has 4 aromatic rings. The molecule has 0 N–H and O–H groups in total. The molecule has 0 amide bonds. The van der Waals surface area contributed by atoms with Gasteiger partial charge in [0.1, 0.15) is 23.0 Å². The van der Waals surface area contributed by atoms with Crippen molar-refractivity contribution in [1.82, 2.24) is 9.97 Å². The molecule has 1 heterocycles. The van der Waals surface area contributed by atoms with Crippen LogP contribution < -0.4 is 0 Å². The fourth-order valence-electron chi connectivity index (χ4n) is 4.04. The highest BCUT2D eigenvalue weighted by Gasteiger charge is 2.37. The average Bonchev–Trinajstić information content (AvgIpc) is 2.83. The van der Waals surface area contributed by atoms with E-state index in [-0.39, 0.29) is 24.0 Å². The minimum Gasteiger partial charge on any atom is -0.236 e. The van der Waals surface area contributed by atoms with Crippen molar-refractivity contribution in [1.29, 1.82) is 0 Å². The average molecular weight is 500 g/mol. The van der Waals surface area contributed by atoms with E-state index in [9.17, 15) is 22.0 Å². The minimum atomic E-state index is -5.13. The van der Waals surface area contributed by atoms with Gasteiger partial charge in [-0.2, -0.15) is 13.2 Å². The van der Waals surface area contributed by atoms with Gasteiger partial charge in [-0.05, 0) is 72.9 Å². The van der Waals surface area contributed by atoms with Crippen LogP contribution in [0.25, 0.3) is 22.2 Å². The first kappa shape index (κ1) is 25.4. The summed E-state index contributed by atoms with van der Waals surface area (Å²) in [6, 6.07) is 9.67. The standard InChI is InChI=1S/C28H22F6N2/c1-2-3-4-5-18-15-35-27(36-16-18)21-10-11-22-20(14-21)9-8-19(26(22)31)7-6-17-12-23(29)25(24(30)13-17)28(32,33)34/h2-3,8-16H,4-7H2,1H3/b3-2+. The molecule has 0 aliphatic heterocycles. The molecule has 1 aromatic heterocycles. The van der Waals surface area contributed by atoms with Crippen LogP contribution in [0.5, 0.6) is 0 Å². The van der Waals surface area contributed by atoms with Crippen LogP contribution in [0.1, 0.15) is 35.6 Å². The number of alkyl halides is 3. The summed E-state index contributed by atoms with van der Waals surface area (Å²) in [5.41, 5.74) is 0.120. The van der Waals surface area contributed by atoms with Gasteiger partial charge in [0.2, 0.25) is 0 Å². The van der Waals surface area contributed by atoms with E-state index in [1.54, 1.807) is 42.7 Å². The number of allylic oxidation sites excluding steroid dienone is 2. The summed E-state index contributed by atoms with van der Waals surface area (Å²) in [6.45, 7) is 1.96. The summed E-state index contributed by atoms with van der Waals surface area (Å²) < 4.78 is 81.1. The molecule has 0 unspecified atom stereocenters. The molecule has 3 aromatic carbocycles. The molecule has 2 nitrogen and oxygen atoms in total. The number of aryl methyl sites for hydroxylation is 3. The Balaban J connectivity index is 1.52. The van der Waals surface area contributed by atoms with Crippen molar-refractivity contribution in [3.05, 3.63) is 107 Å². The van der Waals surface area contributed by atoms with Crippen molar-refractivity contribution < 1.29 is 26.3 Å². The van der Waals surface area contributed by atoms with Gasteiger partial charge in [-0.3, -0.25) is 0 Å². The van der Waals surface area contributed by atoms with Crippen LogP contribution in [0, 0.1) is 17.5 Å². The van der Waals surface area contributed by atoms with E-state index in [1.807, 2.05) is 13.0 Å². The molecule has 8 heteroatoms. The van der Waals surface area contributed by atoms with Crippen LogP contribution in [0.2, 0.25) is 0 Å². The maximum atomic E-state index is 15.2. The second-order valence-electron chi connectivity index (χ2n) is 8.43. The third-order valence-corrected chi connectivity index (χ3v) is 5.90. The Hall–Kier alpha value is -3.68. The van der Waals surface area contributed by atoms with Crippen molar-refractivity contribution in [2.75, 3.05) is 0 Å². The van der Waals surface area contributed by atoms with Crippen LogP contribution in [-0.2, 0) is 25.4 Å². The van der Waals surface area contributed by atoms with Crippen molar-refractivity contribution in [2.45, 2.75) is 38.8 Å². The van der Waals surface area contributed by atoms with E-state index < -0.39 is 29.2 Å². The molecular weight excluding hydrogens is 478 g/mol. The number of benzene rings is 3. The number of fused-ring (bicyclic) bond motifs is 1. The SMILES string of the molecule is C/C=C/CCc1cnc(-c2ccc3c(F)c(CCc4cc(F)c(C(F)(F)F)c(F)c4)ccc3c2)nc1. The lowest BCUT2D eigenvalue weighted by Crippen LogP contribution is -2.12. The van der Waals surface area contributed by atoms with Crippen LogP contribution >= 0.6 is 0 Å². The Labute approximate surface area is 204 Å². The van der Waals surface area contributed by atoms with E-state index in [2.05, 4.69) is 16.0 Å². The molecule has 0 aliphatic carbocycles. The number of rotatable bonds is 7. The summed E-state index contributed by atoms with van der Waals surface area (Å²) in [7, 11) is 0. The molecule has 4 rings (SSSR count). The molecular formula is C28H22F6N2. The zero-order valence-corrected chi connectivity index (χ0v) is 19.3. The topological polar surface area (TPSA) is 25.8 Å². The first-order valence-corrected chi connectivity index (χ1v) is 11.4. The van der Waals surface area contributed by atoms with Gasteiger partial charge in [-0.1, -0.05) is 36.4 Å². The van der Waals surface area contributed by atoms with E-state index in [4.69, 9.17) is 0 Å². The van der Waals surface area contributed by atoms with Crippen LogP contribution in [0.4, 0.5) is 26.3 Å². The monoisotopic (exact) mass is 500 g/mol. The van der Waals surface area contributed by atoms with Crippen LogP contribution in [0.15, 0.2) is 67.0 Å². The molecule has 36 heavy (non-hydrogen) atoms. The molecule has 0 saturated heterocycles. The van der Waals surface area contributed by atoms with Gasteiger partial charge in [0, 0.05) is 23.3 Å². The van der Waals surface area contributed by atoms with Crippen LogP contribution in [-0.4, -0.2) is 9.97 Å². The molecule has 0 saturated carbocycles. The quantitative estimate of drug-likeness (QED) is 0.190. The molecule has 0 radical (unpaired) electrons. The Kier molecular flexibility index (Phi) is 7.43. The minimum absolute atomic E-state index is 0.0131. The predicted octanol–water partition coefficient (Wildman–Crippen LogP) is 8.03. The van der Waals surface area contributed by atoms with E-state index in [0.29, 0.717) is 28.7 Å². The lowest BCUT2D eigenvalue weighted by atomic mass is 9.98. The van der Waals surface area contributed by atoms with Gasteiger partial charge in [-0.25, -0.2) is 23.1 Å². The van der Waals surface area contributed by atoms with Crippen molar-refractivity contribution in [2.24, 2.45) is 0 Å². The molecule has 0 aliphatic rings. The maximum Gasteiger partial charge on any atom is 0.422 e. The Morgan fingerprint density at radius 2 is 1.50 bits per heavy atom. The maximum absolute atomic E-state index is 15.2. The van der Waals surface area contributed by atoms with Gasteiger partial charge in [0.05, 0.1) is 0 Å². The summed E-state index contributed by atoms with van der Waals surface area (Å²) in [4.78, 5) is 8.82. The largest absolute Gasteiger partial charge is 0.422 e. The highest BCUT2D eigenvalue weighted by Crippen LogP contribution is 2.34. The third-order valence-electron chi connectivity index (χ3n) is 5.90. The Bertz CT molecular complexity index is 1390. The molecule has 0 spiro atoms. The van der Waals surface area contributed by atoms with E-state index in [0.717, 1.165) is 24.0 Å². The normalized spacial score (nSPS) is 12.1. The van der Waals surface area contributed by atoms with Crippen molar-refractivity contribution >= 4 is 10.8 Å². The van der Waals surface area contributed by atoms with Gasteiger partial charge >= 0.3 is 6.18 Å². The second-order valence-corrected chi connectivity index (χ2v) is 8.43. The number of aromatic nitrogens is 2. The molecule has 186 valence electrons. The Morgan fingerprint density at radius 1 is 0.806 bits per heavy atom. The summed E-state index contributed by atoms with van der Waals surface area (Å²) >= 11 is 0. The zero-order valence-electron chi connectivity index (χ0n) is 19.3. The summed E-state index contributed by atoms with van der Waals surface area (Å²) in [6.07, 6.45) is 4.24. The summed E-state index contributed by atoms with van der Waals surface area (Å²) in [5.74, 6) is -3.34. The van der Waals surface area contributed by atoms with Gasteiger partial charge in [0.15, 0.2) is 5.82 Å². The predicted molar refractivity (Wildman–Crippen MR) is 127 cm³/mol. The fraction of sp³-hybridized carbons (Fsp3) is 0.214. The van der Waals surface area contributed by atoms with Gasteiger partial charge < -0.3 is 0 Å². The lowest BCUT2D eigenvalue weighted by Gasteiger charge is -2.12. The first-order valence-electron chi connectivity index (χ1n) is 11.4. The smallest absolute Gasteiger partial charge is 0.236 e. The number of hydrogen-bond acceptors (Lipinski definition) is 2. The second kappa shape index (κ2) is 10.5. The van der Waals surface area contributed by atoms with Crippen molar-refractivity contribution in [3.8, 4) is 11.4 Å². The van der Waals surface area contributed by atoms with Gasteiger partial charge in [-0.15, -0.1) is 0 Å². The number of halogens is 6. The molecule has 0 bridgehead atoms. The zero-order chi connectivity index (χ0) is 25.9. The third kappa shape index (κ3) is 5.58. The van der Waals surface area contributed by atoms with E-state index in [1.165, 1.54) is 0 Å². The van der Waals surface area contributed by atoms with Crippen molar-refractivity contribution in [3.63, 3.8) is 0 Å². The number of nitrogens with zero attached hydrogens (tertiary/aromatic N) is 2. The van der Waals surface area contributed by atoms with Gasteiger partial charge in [0.25, 0.3) is 0 Å². The Morgan fingerprint density at radius 3 is 2.14 bits per heavy atom. The number of hydrogen-bond donors (Lipinski definition) is 0. The summed E-state index contributed by atoms with van der Waals surface area (Å²) in [5, 5.41) is 0.977. The highest BCUT2D eigenvalue weighted by atomic mass is 19.4. The molecule has 0 fully saturated rings. The fourth-order valence-corrected chi connectivity index (χ4v) is 4.04. The van der Waals surface area contributed by atoms with Crippen LogP contribution in [0.3, 0.4) is 0 Å². The molecule has 0 atom stereocenters.